The van der Waals surface area contributed by atoms with Crippen molar-refractivity contribution in [2.24, 2.45) is 0 Å². The summed E-state index contributed by atoms with van der Waals surface area (Å²) in [7, 11) is 0. The third kappa shape index (κ3) is 3.23. The number of para-hydroxylation sites is 1. The van der Waals surface area contributed by atoms with Crippen molar-refractivity contribution in [3.8, 4) is 0 Å². The number of aromatic nitrogens is 6. The highest BCUT2D eigenvalue weighted by Gasteiger charge is 2.35. The molecule has 0 radical (unpaired) electrons. The minimum absolute atomic E-state index is 0.0648. The zero-order valence-corrected chi connectivity index (χ0v) is 17.9. The molecule has 32 heavy (non-hydrogen) atoms. The standard InChI is InChI=1S/C22H23N7O3/c1-13-12-14(2)29-22(23-13)25-18(26-29)21(32)27-9-5-8-17(27)19-24-16-7-4-3-6-15(16)20(31)28(19)10-11-30/h3-4,6-7,12,17,30H,5,8-11H2,1-2H3. The van der Waals surface area contributed by atoms with Gasteiger partial charge in [-0.1, -0.05) is 12.1 Å². The predicted octanol–water partition coefficient (Wildman–Crippen LogP) is 1.42. The molecule has 0 bridgehead atoms. The van der Waals surface area contributed by atoms with E-state index >= 15 is 0 Å². The first-order valence-corrected chi connectivity index (χ1v) is 10.6. The lowest BCUT2D eigenvalue weighted by molar-refractivity contribution is 0.0713. The molecule has 1 saturated heterocycles. The van der Waals surface area contributed by atoms with Crippen LogP contribution in [0.5, 0.6) is 0 Å². The van der Waals surface area contributed by atoms with Crippen molar-refractivity contribution in [3.05, 3.63) is 63.7 Å². The number of amides is 1. The molecule has 1 unspecified atom stereocenters. The van der Waals surface area contributed by atoms with Crippen LogP contribution in [-0.2, 0) is 6.54 Å². The molecular weight excluding hydrogens is 410 g/mol. The van der Waals surface area contributed by atoms with Crippen molar-refractivity contribution in [1.29, 1.82) is 0 Å². The molecule has 5 rings (SSSR count). The Morgan fingerprint density at radius 3 is 2.81 bits per heavy atom. The zero-order valence-electron chi connectivity index (χ0n) is 17.9. The topological polar surface area (TPSA) is 119 Å². The minimum atomic E-state index is -0.409. The van der Waals surface area contributed by atoms with Gasteiger partial charge in [0.25, 0.3) is 17.2 Å². The molecule has 1 fully saturated rings. The minimum Gasteiger partial charge on any atom is -0.395 e. The van der Waals surface area contributed by atoms with E-state index in [-0.39, 0.29) is 30.4 Å². The van der Waals surface area contributed by atoms with E-state index in [1.807, 2.05) is 26.0 Å². The molecule has 0 spiro atoms. The van der Waals surface area contributed by atoms with Gasteiger partial charge in [-0.2, -0.15) is 4.98 Å². The van der Waals surface area contributed by atoms with Crippen LogP contribution in [0.25, 0.3) is 16.7 Å². The van der Waals surface area contributed by atoms with Gasteiger partial charge < -0.3 is 10.0 Å². The smallest absolute Gasteiger partial charge is 0.294 e. The number of nitrogens with zero attached hydrogens (tertiary/aromatic N) is 7. The van der Waals surface area contributed by atoms with Gasteiger partial charge in [0.2, 0.25) is 5.82 Å². The Labute approximate surface area is 183 Å². The predicted molar refractivity (Wildman–Crippen MR) is 116 cm³/mol. The van der Waals surface area contributed by atoms with Crippen molar-refractivity contribution in [2.75, 3.05) is 13.2 Å². The van der Waals surface area contributed by atoms with Gasteiger partial charge in [-0.25, -0.2) is 14.5 Å². The number of carbonyl (C=O) groups excluding carboxylic acids is 1. The molecule has 4 aromatic rings. The lowest BCUT2D eigenvalue weighted by Crippen LogP contribution is -2.36. The van der Waals surface area contributed by atoms with Crippen molar-refractivity contribution >= 4 is 22.6 Å². The van der Waals surface area contributed by atoms with Gasteiger partial charge in [0.05, 0.1) is 30.1 Å². The van der Waals surface area contributed by atoms with Crippen LogP contribution < -0.4 is 5.56 Å². The lowest BCUT2D eigenvalue weighted by Gasteiger charge is -2.25. The number of hydrogen-bond acceptors (Lipinski definition) is 7. The molecule has 10 heteroatoms. The van der Waals surface area contributed by atoms with Crippen LogP contribution in [0.1, 0.15) is 46.7 Å². The van der Waals surface area contributed by atoms with Crippen LogP contribution in [0.15, 0.2) is 35.1 Å². The van der Waals surface area contributed by atoms with Crippen molar-refractivity contribution < 1.29 is 9.90 Å². The van der Waals surface area contributed by atoms with Gasteiger partial charge in [-0.15, -0.1) is 5.10 Å². The summed E-state index contributed by atoms with van der Waals surface area (Å²) < 4.78 is 3.03. The summed E-state index contributed by atoms with van der Waals surface area (Å²) in [5, 5.41) is 14.4. The SMILES string of the molecule is Cc1cc(C)n2nc(C(=O)N3CCCC3c3nc4ccccc4c(=O)n3CCO)nc2n1. The number of benzene rings is 1. The van der Waals surface area contributed by atoms with Gasteiger partial charge in [0, 0.05) is 17.9 Å². The van der Waals surface area contributed by atoms with Crippen molar-refractivity contribution in [1.82, 2.24) is 34.0 Å². The van der Waals surface area contributed by atoms with Gasteiger partial charge in [-0.05, 0) is 44.9 Å². The van der Waals surface area contributed by atoms with Crippen LogP contribution in [-0.4, -0.2) is 58.2 Å². The van der Waals surface area contributed by atoms with Crippen molar-refractivity contribution in [3.63, 3.8) is 0 Å². The molecule has 0 saturated carbocycles. The Balaban J connectivity index is 1.59. The zero-order chi connectivity index (χ0) is 22.4. The molecule has 4 heterocycles. The van der Waals surface area contributed by atoms with Crippen LogP contribution in [0.4, 0.5) is 0 Å². The van der Waals surface area contributed by atoms with Gasteiger partial charge >= 0.3 is 0 Å². The number of aliphatic hydroxyl groups excluding tert-OH is 1. The van der Waals surface area contributed by atoms with E-state index in [1.54, 1.807) is 27.6 Å². The maximum absolute atomic E-state index is 13.4. The third-order valence-corrected chi connectivity index (χ3v) is 5.84. The average molecular weight is 433 g/mol. The second-order valence-electron chi connectivity index (χ2n) is 8.01. The lowest BCUT2D eigenvalue weighted by atomic mass is 10.1. The van der Waals surface area contributed by atoms with E-state index < -0.39 is 6.04 Å². The summed E-state index contributed by atoms with van der Waals surface area (Å²) in [4.78, 5) is 41.6. The fourth-order valence-electron chi connectivity index (χ4n) is 4.42. The first kappa shape index (κ1) is 20.3. The maximum Gasteiger partial charge on any atom is 0.294 e. The average Bonchev–Trinajstić information content (AvgIpc) is 3.43. The molecule has 1 atom stereocenters. The number of fused-ring (bicyclic) bond motifs is 2. The Hall–Kier alpha value is -3.66. The molecule has 1 amide bonds. The van der Waals surface area contributed by atoms with Gasteiger partial charge in [0.15, 0.2) is 0 Å². The van der Waals surface area contributed by atoms with E-state index in [0.29, 0.717) is 35.5 Å². The Bertz CT molecular complexity index is 1410. The van der Waals surface area contributed by atoms with E-state index in [2.05, 4.69) is 15.1 Å². The summed E-state index contributed by atoms with van der Waals surface area (Å²) in [5.74, 6) is 0.591. The van der Waals surface area contributed by atoms with E-state index in [9.17, 15) is 14.7 Å². The highest BCUT2D eigenvalue weighted by molar-refractivity contribution is 5.91. The second kappa shape index (κ2) is 7.79. The first-order chi connectivity index (χ1) is 15.5. The number of likely N-dealkylation sites (tertiary alicyclic amines) is 1. The largest absolute Gasteiger partial charge is 0.395 e. The first-order valence-electron chi connectivity index (χ1n) is 10.6. The molecule has 1 N–H and O–H groups in total. The molecule has 10 nitrogen and oxygen atoms in total. The summed E-state index contributed by atoms with van der Waals surface area (Å²) in [6, 6.07) is 8.58. The molecular formula is C22H23N7O3. The van der Waals surface area contributed by atoms with Gasteiger partial charge in [-0.3, -0.25) is 14.2 Å². The van der Waals surface area contributed by atoms with E-state index in [0.717, 1.165) is 17.8 Å². The third-order valence-electron chi connectivity index (χ3n) is 5.84. The highest BCUT2D eigenvalue weighted by atomic mass is 16.3. The maximum atomic E-state index is 13.4. The van der Waals surface area contributed by atoms with Gasteiger partial charge in [0.1, 0.15) is 5.82 Å². The Morgan fingerprint density at radius 2 is 2.00 bits per heavy atom. The number of aryl methyl sites for hydroxylation is 2. The summed E-state index contributed by atoms with van der Waals surface area (Å²) in [5.41, 5.74) is 1.99. The van der Waals surface area contributed by atoms with Crippen LogP contribution in [0.3, 0.4) is 0 Å². The molecule has 0 aliphatic carbocycles. The van der Waals surface area contributed by atoms with E-state index in [1.165, 1.54) is 4.57 Å². The molecule has 3 aromatic heterocycles. The number of rotatable bonds is 4. The molecule has 1 aliphatic heterocycles. The second-order valence-corrected chi connectivity index (χ2v) is 8.01. The quantitative estimate of drug-likeness (QED) is 0.517. The fourth-order valence-corrected chi connectivity index (χ4v) is 4.42. The van der Waals surface area contributed by atoms with Crippen molar-refractivity contribution in [2.45, 2.75) is 39.3 Å². The Kier molecular flexibility index (Phi) is 4.93. The molecule has 164 valence electrons. The monoisotopic (exact) mass is 433 g/mol. The normalized spacial score (nSPS) is 16.3. The van der Waals surface area contributed by atoms with E-state index in [4.69, 9.17) is 4.98 Å². The van der Waals surface area contributed by atoms with Crippen LogP contribution in [0, 0.1) is 13.8 Å². The summed E-state index contributed by atoms with van der Waals surface area (Å²) in [6.45, 7) is 4.17. The summed E-state index contributed by atoms with van der Waals surface area (Å²) in [6.07, 6.45) is 1.42. The van der Waals surface area contributed by atoms with Crippen LogP contribution in [0.2, 0.25) is 0 Å². The number of hydrogen-bond donors (Lipinski definition) is 1. The molecule has 1 aromatic carbocycles. The number of aliphatic hydroxyl groups is 1. The fraction of sp³-hybridized carbons (Fsp3) is 0.364. The molecule has 1 aliphatic rings. The highest BCUT2D eigenvalue weighted by Crippen LogP contribution is 2.32. The Morgan fingerprint density at radius 1 is 1.19 bits per heavy atom. The van der Waals surface area contributed by atoms with Crippen LogP contribution >= 0.6 is 0 Å². The number of carbonyl (C=O) groups is 1. The summed E-state index contributed by atoms with van der Waals surface area (Å²) >= 11 is 0.